The monoisotopic (exact) mass is 295 g/mol. The molecule has 0 amide bonds. The Kier molecular flexibility index (Phi) is 8.14. The molecule has 0 heterocycles. The number of nitrogens with zero attached hydrogens (tertiary/aromatic N) is 1. The topological polar surface area (TPSA) is 45.7 Å². The van der Waals surface area contributed by atoms with Crippen LogP contribution in [0.4, 0.5) is 0 Å². The van der Waals surface area contributed by atoms with E-state index in [-0.39, 0.29) is 6.04 Å². The first kappa shape index (κ1) is 16.9. The smallest absolute Gasteiger partial charge is 0.191 e. The van der Waals surface area contributed by atoms with Crippen molar-refractivity contribution in [3.8, 4) is 0 Å². The second-order valence-electron chi connectivity index (χ2n) is 4.66. The second kappa shape index (κ2) is 9.66. The molecule has 0 saturated carbocycles. The number of thioether (sulfide) groups is 1. The summed E-state index contributed by atoms with van der Waals surface area (Å²) in [5.74, 6) is 1.82. The van der Waals surface area contributed by atoms with Gasteiger partial charge in [0.2, 0.25) is 0 Å². The standard InChI is InChI=1S/C15H25N3OS/c1-12-5-7-14(8-6-12)20-10-9-17-15(16-3)18-13(2)11-19-4/h5-8,13H,9-11H2,1-4H3,(H2,16,17,18). The predicted octanol–water partition coefficient (Wildman–Crippen LogP) is 2.29. The zero-order valence-corrected chi connectivity index (χ0v) is 13.6. The van der Waals surface area contributed by atoms with Gasteiger partial charge in [-0.2, -0.15) is 0 Å². The second-order valence-corrected chi connectivity index (χ2v) is 5.83. The maximum absolute atomic E-state index is 5.09. The number of nitrogens with one attached hydrogen (secondary N) is 2. The Balaban J connectivity index is 2.23. The van der Waals surface area contributed by atoms with Gasteiger partial charge in [-0.3, -0.25) is 4.99 Å². The number of methoxy groups -OCH3 is 1. The Morgan fingerprint density at radius 2 is 2.05 bits per heavy atom. The van der Waals surface area contributed by atoms with Crippen LogP contribution < -0.4 is 10.6 Å². The van der Waals surface area contributed by atoms with Crippen molar-refractivity contribution in [2.45, 2.75) is 24.8 Å². The fourth-order valence-electron chi connectivity index (χ4n) is 1.69. The van der Waals surface area contributed by atoms with Gasteiger partial charge in [0.15, 0.2) is 5.96 Å². The summed E-state index contributed by atoms with van der Waals surface area (Å²) in [4.78, 5) is 5.50. The maximum Gasteiger partial charge on any atom is 0.191 e. The molecule has 0 radical (unpaired) electrons. The van der Waals surface area contributed by atoms with Crippen molar-refractivity contribution in [3.05, 3.63) is 29.8 Å². The fraction of sp³-hybridized carbons (Fsp3) is 0.533. The fourth-order valence-corrected chi connectivity index (χ4v) is 2.46. The van der Waals surface area contributed by atoms with Gasteiger partial charge in [-0.25, -0.2) is 0 Å². The van der Waals surface area contributed by atoms with Gasteiger partial charge in [0.1, 0.15) is 0 Å². The third-order valence-electron chi connectivity index (χ3n) is 2.71. The van der Waals surface area contributed by atoms with Gasteiger partial charge < -0.3 is 15.4 Å². The van der Waals surface area contributed by atoms with Gasteiger partial charge in [0.25, 0.3) is 0 Å². The van der Waals surface area contributed by atoms with Gasteiger partial charge in [0, 0.05) is 37.4 Å². The first-order valence-corrected chi connectivity index (χ1v) is 7.80. The normalized spacial score (nSPS) is 13.1. The Morgan fingerprint density at radius 1 is 1.35 bits per heavy atom. The SMILES string of the molecule is CN=C(NCCSc1ccc(C)cc1)NC(C)COC. The predicted molar refractivity (Wildman–Crippen MR) is 87.7 cm³/mol. The van der Waals surface area contributed by atoms with Crippen LogP contribution in [-0.4, -0.2) is 45.1 Å². The Hall–Kier alpha value is -1.20. The maximum atomic E-state index is 5.09. The first-order valence-electron chi connectivity index (χ1n) is 6.81. The van der Waals surface area contributed by atoms with Crippen molar-refractivity contribution in [3.63, 3.8) is 0 Å². The molecule has 0 aliphatic carbocycles. The zero-order valence-electron chi connectivity index (χ0n) is 12.8. The molecule has 2 N–H and O–H groups in total. The van der Waals surface area contributed by atoms with Crippen LogP contribution in [0.25, 0.3) is 0 Å². The minimum absolute atomic E-state index is 0.246. The summed E-state index contributed by atoms with van der Waals surface area (Å²) in [6, 6.07) is 8.85. The molecule has 0 saturated heterocycles. The van der Waals surface area contributed by atoms with Crippen molar-refractivity contribution in [1.82, 2.24) is 10.6 Å². The highest BCUT2D eigenvalue weighted by Gasteiger charge is 2.03. The average Bonchev–Trinajstić information content (AvgIpc) is 2.44. The number of aryl methyl sites for hydroxylation is 1. The number of ether oxygens (including phenoxy) is 1. The van der Waals surface area contributed by atoms with Crippen LogP contribution in [0.3, 0.4) is 0 Å². The zero-order chi connectivity index (χ0) is 14.8. The number of guanidine groups is 1. The molecule has 112 valence electrons. The molecule has 0 aliphatic rings. The van der Waals surface area contributed by atoms with E-state index in [0.29, 0.717) is 6.61 Å². The van der Waals surface area contributed by atoms with Crippen molar-refractivity contribution in [1.29, 1.82) is 0 Å². The van der Waals surface area contributed by atoms with Crippen molar-refractivity contribution in [2.24, 2.45) is 4.99 Å². The number of hydrogen-bond acceptors (Lipinski definition) is 3. The van der Waals surface area contributed by atoms with Crippen molar-refractivity contribution >= 4 is 17.7 Å². The van der Waals surface area contributed by atoms with Gasteiger partial charge in [-0.15, -0.1) is 11.8 Å². The third-order valence-corrected chi connectivity index (χ3v) is 3.72. The lowest BCUT2D eigenvalue weighted by atomic mass is 10.2. The summed E-state index contributed by atoms with van der Waals surface area (Å²) in [5.41, 5.74) is 1.30. The van der Waals surface area contributed by atoms with Crippen LogP contribution in [0.5, 0.6) is 0 Å². The summed E-state index contributed by atoms with van der Waals surface area (Å²) in [6.07, 6.45) is 0. The lowest BCUT2D eigenvalue weighted by molar-refractivity contribution is 0.179. The molecule has 4 nitrogen and oxygen atoms in total. The van der Waals surface area contributed by atoms with E-state index in [0.717, 1.165) is 18.3 Å². The van der Waals surface area contributed by atoms with Gasteiger partial charge >= 0.3 is 0 Å². The lowest BCUT2D eigenvalue weighted by Crippen LogP contribution is -2.44. The minimum Gasteiger partial charge on any atom is -0.383 e. The molecular weight excluding hydrogens is 270 g/mol. The molecule has 0 aromatic heterocycles. The molecule has 1 atom stereocenters. The molecule has 0 fully saturated rings. The van der Waals surface area contributed by atoms with Crippen LogP contribution >= 0.6 is 11.8 Å². The number of rotatable bonds is 7. The number of aliphatic imine (C=N–C) groups is 1. The van der Waals surface area contributed by atoms with Crippen LogP contribution in [-0.2, 0) is 4.74 Å². The van der Waals surface area contributed by atoms with E-state index in [1.807, 2.05) is 11.8 Å². The molecule has 0 aliphatic heterocycles. The molecule has 1 unspecified atom stereocenters. The summed E-state index contributed by atoms with van der Waals surface area (Å²) in [6.45, 7) is 5.71. The summed E-state index contributed by atoms with van der Waals surface area (Å²) < 4.78 is 5.09. The minimum atomic E-state index is 0.246. The van der Waals surface area contributed by atoms with E-state index >= 15 is 0 Å². The third kappa shape index (κ3) is 6.82. The number of hydrogen-bond donors (Lipinski definition) is 2. The van der Waals surface area contributed by atoms with Crippen molar-refractivity contribution in [2.75, 3.05) is 33.1 Å². The Bertz CT molecular complexity index is 406. The van der Waals surface area contributed by atoms with Gasteiger partial charge in [-0.05, 0) is 26.0 Å². The molecule has 1 aromatic rings. The summed E-state index contributed by atoms with van der Waals surface area (Å²) in [5, 5.41) is 6.58. The molecule has 1 aromatic carbocycles. The van der Waals surface area contributed by atoms with E-state index in [2.05, 4.69) is 53.7 Å². The molecule has 5 heteroatoms. The van der Waals surface area contributed by atoms with E-state index in [1.54, 1.807) is 14.2 Å². The van der Waals surface area contributed by atoms with Gasteiger partial charge in [0.05, 0.1) is 6.61 Å². The Labute approximate surface area is 126 Å². The molecular formula is C15H25N3OS. The lowest BCUT2D eigenvalue weighted by Gasteiger charge is -2.17. The van der Waals surface area contributed by atoms with Crippen LogP contribution in [0.15, 0.2) is 34.2 Å². The van der Waals surface area contributed by atoms with Crippen molar-refractivity contribution < 1.29 is 4.74 Å². The average molecular weight is 295 g/mol. The first-order chi connectivity index (χ1) is 9.65. The molecule has 20 heavy (non-hydrogen) atoms. The van der Waals surface area contributed by atoms with E-state index in [4.69, 9.17) is 4.74 Å². The van der Waals surface area contributed by atoms with E-state index in [1.165, 1.54) is 10.5 Å². The molecule has 0 bridgehead atoms. The molecule has 1 rings (SSSR count). The van der Waals surface area contributed by atoms with E-state index < -0.39 is 0 Å². The van der Waals surface area contributed by atoms with Crippen LogP contribution in [0, 0.1) is 6.92 Å². The quantitative estimate of drug-likeness (QED) is 0.351. The summed E-state index contributed by atoms with van der Waals surface area (Å²) >= 11 is 1.84. The highest BCUT2D eigenvalue weighted by molar-refractivity contribution is 7.99. The van der Waals surface area contributed by atoms with Gasteiger partial charge in [-0.1, -0.05) is 17.7 Å². The van der Waals surface area contributed by atoms with E-state index in [9.17, 15) is 0 Å². The number of benzene rings is 1. The largest absolute Gasteiger partial charge is 0.383 e. The van der Waals surface area contributed by atoms with Crippen LogP contribution in [0.2, 0.25) is 0 Å². The highest BCUT2D eigenvalue weighted by Crippen LogP contribution is 2.17. The van der Waals surface area contributed by atoms with Crippen LogP contribution in [0.1, 0.15) is 12.5 Å². The Morgan fingerprint density at radius 3 is 2.65 bits per heavy atom. The molecule has 0 spiro atoms. The highest BCUT2D eigenvalue weighted by atomic mass is 32.2. The summed E-state index contributed by atoms with van der Waals surface area (Å²) in [7, 11) is 3.48.